The van der Waals surface area contributed by atoms with Crippen LogP contribution in [-0.4, -0.2) is 10.5 Å². The Morgan fingerprint density at radius 3 is 2.47 bits per heavy atom. The summed E-state index contributed by atoms with van der Waals surface area (Å²) in [6, 6.07) is 0. The quantitative estimate of drug-likeness (QED) is 0.834. The molecule has 1 heterocycles. The van der Waals surface area contributed by atoms with E-state index in [0.29, 0.717) is 5.92 Å². The standard InChI is InChI=1S/C11H20N2OS/c1-7(2)9-8(15-10(14)13-9)6-12-11(3,4)5/h7,12H,6H2,1-5H3,(H,13,14). The first-order valence-electron chi connectivity index (χ1n) is 5.26. The first kappa shape index (κ1) is 12.5. The van der Waals surface area contributed by atoms with E-state index >= 15 is 0 Å². The largest absolute Gasteiger partial charge is 0.316 e. The first-order valence-corrected chi connectivity index (χ1v) is 6.08. The van der Waals surface area contributed by atoms with E-state index in [1.807, 2.05) is 0 Å². The van der Waals surface area contributed by atoms with Crippen molar-refractivity contribution < 1.29 is 0 Å². The van der Waals surface area contributed by atoms with Crippen LogP contribution < -0.4 is 10.2 Å². The van der Waals surface area contributed by atoms with Gasteiger partial charge in [0, 0.05) is 22.7 Å². The van der Waals surface area contributed by atoms with Crippen molar-refractivity contribution in [2.75, 3.05) is 0 Å². The predicted octanol–water partition coefficient (Wildman–Crippen LogP) is 2.45. The molecule has 0 aliphatic carbocycles. The fraction of sp³-hybridized carbons (Fsp3) is 0.727. The van der Waals surface area contributed by atoms with Gasteiger partial charge in [0.2, 0.25) is 0 Å². The summed E-state index contributed by atoms with van der Waals surface area (Å²) >= 11 is 1.31. The summed E-state index contributed by atoms with van der Waals surface area (Å²) in [6.45, 7) is 11.3. The summed E-state index contributed by atoms with van der Waals surface area (Å²) in [4.78, 5) is 15.4. The molecule has 15 heavy (non-hydrogen) atoms. The zero-order chi connectivity index (χ0) is 11.6. The van der Waals surface area contributed by atoms with E-state index < -0.39 is 0 Å². The van der Waals surface area contributed by atoms with Gasteiger partial charge in [0.25, 0.3) is 0 Å². The molecule has 0 spiro atoms. The Hall–Kier alpha value is -0.610. The zero-order valence-corrected chi connectivity index (χ0v) is 10.9. The number of thiazole rings is 1. The van der Waals surface area contributed by atoms with Crippen LogP contribution in [0.5, 0.6) is 0 Å². The highest BCUT2D eigenvalue weighted by atomic mass is 32.1. The van der Waals surface area contributed by atoms with Crippen LogP contribution in [0.4, 0.5) is 0 Å². The van der Waals surface area contributed by atoms with E-state index in [-0.39, 0.29) is 10.4 Å². The molecule has 0 amide bonds. The average molecular weight is 228 g/mol. The Morgan fingerprint density at radius 2 is 2.00 bits per heavy atom. The molecule has 0 saturated heterocycles. The highest BCUT2D eigenvalue weighted by molar-refractivity contribution is 7.09. The van der Waals surface area contributed by atoms with Gasteiger partial charge >= 0.3 is 4.87 Å². The molecule has 0 fully saturated rings. The second kappa shape index (κ2) is 4.49. The van der Waals surface area contributed by atoms with E-state index in [1.54, 1.807) is 0 Å². The summed E-state index contributed by atoms with van der Waals surface area (Å²) in [5.74, 6) is 0.376. The molecule has 1 rings (SSSR count). The van der Waals surface area contributed by atoms with Crippen molar-refractivity contribution in [3.63, 3.8) is 0 Å². The van der Waals surface area contributed by atoms with Gasteiger partial charge in [0.05, 0.1) is 0 Å². The minimum atomic E-state index is 0.0457. The number of hydrogen-bond acceptors (Lipinski definition) is 3. The third-order valence-corrected chi connectivity index (χ3v) is 3.01. The molecule has 0 bridgehead atoms. The maximum Gasteiger partial charge on any atom is 0.304 e. The number of aromatic amines is 1. The van der Waals surface area contributed by atoms with Gasteiger partial charge in [0.15, 0.2) is 0 Å². The van der Waals surface area contributed by atoms with Crippen molar-refractivity contribution in [3.8, 4) is 0 Å². The van der Waals surface area contributed by atoms with Gasteiger partial charge in [-0.15, -0.1) is 0 Å². The molecule has 0 unspecified atom stereocenters. The molecule has 0 aliphatic heterocycles. The molecule has 4 heteroatoms. The van der Waals surface area contributed by atoms with Gasteiger partial charge < -0.3 is 10.3 Å². The second-order valence-corrected chi connectivity index (χ2v) is 6.18. The number of hydrogen-bond donors (Lipinski definition) is 2. The highest BCUT2D eigenvalue weighted by Crippen LogP contribution is 2.19. The van der Waals surface area contributed by atoms with E-state index in [2.05, 4.69) is 44.9 Å². The van der Waals surface area contributed by atoms with Gasteiger partial charge in [0.1, 0.15) is 0 Å². The first-order chi connectivity index (χ1) is 6.79. The second-order valence-electron chi connectivity index (χ2n) is 5.11. The van der Waals surface area contributed by atoms with Crippen molar-refractivity contribution in [3.05, 3.63) is 20.2 Å². The lowest BCUT2D eigenvalue weighted by Gasteiger charge is -2.20. The Balaban J connectivity index is 2.81. The van der Waals surface area contributed by atoms with Crippen LogP contribution >= 0.6 is 11.3 Å². The van der Waals surface area contributed by atoms with Crippen LogP contribution in [0.3, 0.4) is 0 Å². The average Bonchev–Trinajstić information content (AvgIpc) is 2.42. The minimum absolute atomic E-state index is 0.0457. The van der Waals surface area contributed by atoms with Gasteiger partial charge in [-0.25, -0.2) is 0 Å². The molecule has 0 saturated carbocycles. The van der Waals surface area contributed by atoms with E-state index in [4.69, 9.17) is 0 Å². The Kier molecular flexibility index (Phi) is 3.73. The van der Waals surface area contributed by atoms with Crippen molar-refractivity contribution in [2.24, 2.45) is 0 Å². The summed E-state index contributed by atoms with van der Waals surface area (Å²) in [5, 5.41) is 3.40. The third kappa shape index (κ3) is 3.80. The molecule has 3 nitrogen and oxygen atoms in total. The van der Waals surface area contributed by atoms with Crippen molar-refractivity contribution in [1.29, 1.82) is 0 Å². The predicted molar refractivity (Wildman–Crippen MR) is 65.6 cm³/mol. The normalized spacial score (nSPS) is 12.4. The zero-order valence-electron chi connectivity index (χ0n) is 10.1. The lowest BCUT2D eigenvalue weighted by molar-refractivity contribution is 0.425. The summed E-state index contributed by atoms with van der Waals surface area (Å²) in [5.41, 5.74) is 1.16. The molecule has 1 aromatic rings. The molecule has 1 aromatic heterocycles. The van der Waals surface area contributed by atoms with Crippen molar-refractivity contribution in [1.82, 2.24) is 10.3 Å². The summed E-state index contributed by atoms with van der Waals surface area (Å²) in [7, 11) is 0. The molecule has 86 valence electrons. The highest BCUT2D eigenvalue weighted by Gasteiger charge is 2.14. The summed E-state index contributed by atoms with van der Waals surface area (Å²) in [6.07, 6.45) is 0. The van der Waals surface area contributed by atoms with Gasteiger partial charge in [-0.3, -0.25) is 4.79 Å². The SMILES string of the molecule is CC(C)c1[nH]c(=O)sc1CNC(C)(C)C. The minimum Gasteiger partial charge on any atom is -0.316 e. The number of aromatic nitrogens is 1. The van der Waals surface area contributed by atoms with Crippen LogP contribution in [0, 0.1) is 0 Å². The molecule has 0 radical (unpaired) electrons. The number of nitrogens with one attached hydrogen (secondary N) is 2. The summed E-state index contributed by atoms with van der Waals surface area (Å²) < 4.78 is 0. The third-order valence-electron chi connectivity index (χ3n) is 2.11. The Labute approximate surface area is 94.9 Å². The van der Waals surface area contributed by atoms with Gasteiger partial charge in [-0.1, -0.05) is 25.2 Å². The van der Waals surface area contributed by atoms with Crippen LogP contribution in [0.2, 0.25) is 0 Å². The van der Waals surface area contributed by atoms with Crippen LogP contribution in [-0.2, 0) is 6.54 Å². The monoisotopic (exact) mass is 228 g/mol. The molecule has 2 N–H and O–H groups in total. The maximum atomic E-state index is 11.3. The fourth-order valence-corrected chi connectivity index (χ4v) is 2.24. The van der Waals surface area contributed by atoms with Gasteiger partial charge in [-0.2, -0.15) is 0 Å². The Bertz CT molecular complexity index is 371. The lowest BCUT2D eigenvalue weighted by Crippen LogP contribution is -2.35. The number of rotatable bonds is 3. The van der Waals surface area contributed by atoms with Crippen LogP contribution in [0.25, 0.3) is 0 Å². The topological polar surface area (TPSA) is 44.9 Å². The van der Waals surface area contributed by atoms with Crippen LogP contribution in [0.15, 0.2) is 4.79 Å². The lowest BCUT2D eigenvalue weighted by atomic mass is 10.1. The smallest absolute Gasteiger partial charge is 0.304 e. The van der Waals surface area contributed by atoms with E-state index in [9.17, 15) is 4.79 Å². The fourth-order valence-electron chi connectivity index (χ4n) is 1.32. The molecular weight excluding hydrogens is 208 g/mol. The van der Waals surface area contributed by atoms with Crippen molar-refractivity contribution >= 4 is 11.3 Å². The van der Waals surface area contributed by atoms with E-state index in [0.717, 1.165) is 17.1 Å². The molecule has 0 aromatic carbocycles. The van der Waals surface area contributed by atoms with Crippen molar-refractivity contribution in [2.45, 2.75) is 52.6 Å². The molecular formula is C11H20N2OS. The number of H-pyrrole nitrogens is 1. The molecule has 0 aliphatic rings. The van der Waals surface area contributed by atoms with Crippen LogP contribution in [0.1, 0.15) is 51.1 Å². The maximum absolute atomic E-state index is 11.3. The Morgan fingerprint density at radius 1 is 1.40 bits per heavy atom. The van der Waals surface area contributed by atoms with Gasteiger partial charge in [-0.05, 0) is 26.7 Å². The van der Waals surface area contributed by atoms with E-state index in [1.165, 1.54) is 11.3 Å². The molecule has 0 atom stereocenters.